The number of para-hydroxylation sites is 1. The summed E-state index contributed by atoms with van der Waals surface area (Å²) in [4.78, 5) is 30.9. The average Bonchev–Trinajstić information content (AvgIpc) is 3.26. The number of alkyl carbamates (subject to hydrolysis) is 1. The standard InChI is InChI=1S/C25H30N2O6/c1-4-30-23(28)25(17-32-20-13-9-6-10-14-20)15-21(27-33-25)22(18(2)3)26-24(29)31-16-19-11-7-5-8-12-19/h5-14,18,22H,4,15-17H2,1-3H3,(H,26,29)/t22-,25?/m0/s1. The maximum Gasteiger partial charge on any atom is 0.408 e. The van der Waals surface area contributed by atoms with Crippen LogP contribution in [0.5, 0.6) is 5.75 Å². The van der Waals surface area contributed by atoms with Gasteiger partial charge in [-0.1, -0.05) is 67.5 Å². The van der Waals surface area contributed by atoms with E-state index in [-0.39, 0.29) is 32.2 Å². The molecular formula is C25H30N2O6. The van der Waals surface area contributed by atoms with Crippen molar-refractivity contribution in [3.05, 3.63) is 66.2 Å². The van der Waals surface area contributed by atoms with Crippen LogP contribution in [-0.4, -0.2) is 42.6 Å². The molecule has 0 aromatic heterocycles. The Morgan fingerprint density at radius 2 is 1.73 bits per heavy atom. The van der Waals surface area contributed by atoms with E-state index in [9.17, 15) is 9.59 Å². The molecule has 1 amide bonds. The summed E-state index contributed by atoms with van der Waals surface area (Å²) in [6.45, 7) is 5.87. The van der Waals surface area contributed by atoms with Gasteiger partial charge < -0.3 is 24.4 Å². The fraction of sp³-hybridized carbons (Fsp3) is 0.400. The molecule has 2 aromatic rings. The van der Waals surface area contributed by atoms with Crippen LogP contribution in [0.4, 0.5) is 4.79 Å². The van der Waals surface area contributed by atoms with Gasteiger partial charge in [0.25, 0.3) is 5.60 Å². The number of amides is 1. The van der Waals surface area contributed by atoms with E-state index >= 15 is 0 Å². The molecule has 0 bridgehead atoms. The van der Waals surface area contributed by atoms with Crippen LogP contribution < -0.4 is 10.1 Å². The van der Waals surface area contributed by atoms with Crippen LogP contribution in [0.15, 0.2) is 65.8 Å². The van der Waals surface area contributed by atoms with Gasteiger partial charge in [0.2, 0.25) is 0 Å². The van der Waals surface area contributed by atoms with Crippen molar-refractivity contribution in [2.75, 3.05) is 13.2 Å². The average molecular weight is 455 g/mol. The molecule has 0 fully saturated rings. The normalized spacial score (nSPS) is 18.1. The second-order valence-corrected chi connectivity index (χ2v) is 8.09. The third-order valence-corrected chi connectivity index (χ3v) is 5.18. The van der Waals surface area contributed by atoms with Crippen LogP contribution in [0.2, 0.25) is 0 Å². The third-order valence-electron chi connectivity index (χ3n) is 5.18. The summed E-state index contributed by atoms with van der Waals surface area (Å²) in [6, 6.07) is 18.0. The zero-order chi connectivity index (χ0) is 23.7. The minimum absolute atomic E-state index is 0.0235. The molecule has 176 valence electrons. The number of hydrogen-bond acceptors (Lipinski definition) is 7. The van der Waals surface area contributed by atoms with Crippen LogP contribution in [0.3, 0.4) is 0 Å². The van der Waals surface area contributed by atoms with Crippen LogP contribution >= 0.6 is 0 Å². The van der Waals surface area contributed by atoms with Gasteiger partial charge in [0, 0.05) is 6.42 Å². The van der Waals surface area contributed by atoms with E-state index in [4.69, 9.17) is 19.0 Å². The number of oxime groups is 1. The Labute approximate surface area is 193 Å². The van der Waals surface area contributed by atoms with Gasteiger partial charge in [-0.2, -0.15) is 0 Å². The lowest BCUT2D eigenvalue weighted by molar-refractivity contribution is -0.172. The smallest absolute Gasteiger partial charge is 0.408 e. The Kier molecular flexibility index (Phi) is 8.29. The molecule has 1 N–H and O–H groups in total. The van der Waals surface area contributed by atoms with Crippen molar-refractivity contribution < 1.29 is 28.6 Å². The lowest BCUT2D eigenvalue weighted by atomic mass is 9.90. The predicted molar refractivity (Wildman–Crippen MR) is 123 cm³/mol. The summed E-state index contributed by atoms with van der Waals surface area (Å²) in [5.41, 5.74) is -0.0229. The second kappa shape index (κ2) is 11.4. The van der Waals surface area contributed by atoms with E-state index in [0.29, 0.717) is 11.5 Å². The van der Waals surface area contributed by atoms with E-state index in [1.807, 2.05) is 62.4 Å². The Morgan fingerprint density at radius 3 is 2.36 bits per heavy atom. The van der Waals surface area contributed by atoms with Crippen LogP contribution in [-0.2, 0) is 25.7 Å². The summed E-state index contributed by atoms with van der Waals surface area (Å²) in [6.07, 6.45) is -0.449. The summed E-state index contributed by atoms with van der Waals surface area (Å²) in [7, 11) is 0. The van der Waals surface area contributed by atoms with Gasteiger partial charge in [-0.05, 0) is 30.5 Å². The molecule has 8 nitrogen and oxygen atoms in total. The van der Waals surface area contributed by atoms with Crippen molar-refractivity contribution in [3.63, 3.8) is 0 Å². The molecule has 0 spiro atoms. The van der Waals surface area contributed by atoms with Gasteiger partial charge >= 0.3 is 12.1 Å². The number of rotatable bonds is 10. The van der Waals surface area contributed by atoms with Crippen LogP contribution in [0.25, 0.3) is 0 Å². The molecule has 1 aliphatic rings. The minimum atomic E-state index is -1.43. The first-order valence-corrected chi connectivity index (χ1v) is 11.0. The molecular weight excluding hydrogens is 424 g/mol. The molecule has 0 saturated carbocycles. The van der Waals surface area contributed by atoms with Crippen molar-refractivity contribution in [2.24, 2.45) is 11.1 Å². The number of hydrogen-bond donors (Lipinski definition) is 1. The quantitative estimate of drug-likeness (QED) is 0.543. The number of nitrogens with one attached hydrogen (secondary N) is 1. The highest BCUT2D eigenvalue weighted by atomic mass is 16.7. The van der Waals surface area contributed by atoms with Crippen molar-refractivity contribution >= 4 is 17.8 Å². The van der Waals surface area contributed by atoms with Crippen molar-refractivity contribution in [1.82, 2.24) is 5.32 Å². The molecule has 33 heavy (non-hydrogen) atoms. The minimum Gasteiger partial charge on any atom is -0.489 e. The Bertz CT molecular complexity index is 948. The number of nitrogens with zero attached hydrogens (tertiary/aromatic N) is 1. The first kappa shape index (κ1) is 24.1. The molecule has 1 aliphatic heterocycles. The molecule has 3 rings (SSSR count). The zero-order valence-corrected chi connectivity index (χ0v) is 19.2. The number of carbonyl (C=O) groups is 2. The highest BCUT2D eigenvalue weighted by Gasteiger charge is 2.51. The monoisotopic (exact) mass is 454 g/mol. The zero-order valence-electron chi connectivity index (χ0n) is 19.2. The van der Waals surface area contributed by atoms with E-state index in [0.717, 1.165) is 5.56 Å². The second-order valence-electron chi connectivity index (χ2n) is 8.09. The van der Waals surface area contributed by atoms with E-state index in [2.05, 4.69) is 10.5 Å². The van der Waals surface area contributed by atoms with E-state index in [1.54, 1.807) is 19.1 Å². The van der Waals surface area contributed by atoms with Crippen molar-refractivity contribution in [2.45, 2.75) is 45.4 Å². The summed E-state index contributed by atoms with van der Waals surface area (Å²) >= 11 is 0. The largest absolute Gasteiger partial charge is 0.489 e. The van der Waals surface area contributed by atoms with Gasteiger partial charge in [0.05, 0.1) is 18.4 Å². The fourth-order valence-electron chi connectivity index (χ4n) is 3.42. The number of ether oxygens (including phenoxy) is 3. The topological polar surface area (TPSA) is 95.5 Å². The summed E-state index contributed by atoms with van der Waals surface area (Å²) in [5, 5.41) is 7.01. The predicted octanol–water partition coefficient (Wildman–Crippen LogP) is 4.09. The molecule has 0 saturated heterocycles. The molecule has 0 aliphatic carbocycles. The highest BCUT2D eigenvalue weighted by molar-refractivity contribution is 5.98. The number of carbonyl (C=O) groups excluding carboxylic acids is 2. The van der Waals surface area contributed by atoms with Gasteiger partial charge in [0.15, 0.2) is 0 Å². The molecule has 2 atom stereocenters. The Balaban J connectivity index is 1.66. The molecule has 1 unspecified atom stereocenters. The van der Waals surface area contributed by atoms with Gasteiger partial charge in [-0.25, -0.2) is 9.59 Å². The van der Waals surface area contributed by atoms with Crippen molar-refractivity contribution in [1.29, 1.82) is 0 Å². The van der Waals surface area contributed by atoms with Crippen LogP contribution in [0, 0.1) is 5.92 Å². The van der Waals surface area contributed by atoms with Crippen molar-refractivity contribution in [3.8, 4) is 5.75 Å². The SMILES string of the molecule is CCOC(=O)C1(COc2ccccc2)CC([C@@H](NC(=O)OCc2ccccc2)C(C)C)=NO1. The summed E-state index contributed by atoms with van der Waals surface area (Å²) < 4.78 is 16.4. The Morgan fingerprint density at radius 1 is 1.06 bits per heavy atom. The maximum absolute atomic E-state index is 12.8. The summed E-state index contributed by atoms with van der Waals surface area (Å²) in [5.74, 6) is 0.0137. The first-order chi connectivity index (χ1) is 15.9. The third kappa shape index (κ3) is 6.47. The van der Waals surface area contributed by atoms with E-state index in [1.165, 1.54) is 0 Å². The first-order valence-electron chi connectivity index (χ1n) is 11.0. The van der Waals surface area contributed by atoms with Gasteiger partial charge in [-0.3, -0.25) is 0 Å². The maximum atomic E-state index is 12.8. The lowest BCUT2D eigenvalue weighted by Gasteiger charge is -2.26. The van der Waals surface area contributed by atoms with Gasteiger partial charge in [0.1, 0.15) is 19.0 Å². The van der Waals surface area contributed by atoms with Crippen LogP contribution in [0.1, 0.15) is 32.8 Å². The van der Waals surface area contributed by atoms with E-state index < -0.39 is 23.7 Å². The molecule has 2 aromatic carbocycles. The molecule has 8 heteroatoms. The number of benzene rings is 2. The number of esters is 1. The highest BCUT2D eigenvalue weighted by Crippen LogP contribution is 2.30. The molecule has 0 radical (unpaired) electrons. The molecule has 1 heterocycles. The fourth-order valence-corrected chi connectivity index (χ4v) is 3.42. The van der Waals surface area contributed by atoms with Gasteiger partial charge in [-0.15, -0.1) is 0 Å². The lowest BCUT2D eigenvalue weighted by Crippen LogP contribution is -2.49. The Hall–Kier alpha value is -3.55.